The van der Waals surface area contributed by atoms with Gasteiger partial charge in [-0.05, 0) is 56.5 Å². The summed E-state index contributed by atoms with van der Waals surface area (Å²) in [7, 11) is 0. The quantitative estimate of drug-likeness (QED) is 0.883. The van der Waals surface area contributed by atoms with Crippen molar-refractivity contribution in [3.05, 3.63) is 46.2 Å². The third kappa shape index (κ3) is 3.19. The zero-order valence-corrected chi connectivity index (χ0v) is 14.6. The smallest absolute Gasteiger partial charge is 0.265 e. The molecule has 1 aromatic carbocycles. The van der Waals surface area contributed by atoms with Crippen LogP contribution in [0.25, 0.3) is 0 Å². The van der Waals surface area contributed by atoms with Gasteiger partial charge in [-0.2, -0.15) is 0 Å². The van der Waals surface area contributed by atoms with Gasteiger partial charge < -0.3 is 15.5 Å². The van der Waals surface area contributed by atoms with Gasteiger partial charge in [-0.15, -0.1) is 11.3 Å². The van der Waals surface area contributed by atoms with Crippen LogP contribution >= 0.6 is 11.3 Å². The molecule has 126 valence electrons. The first kappa shape index (κ1) is 15.7. The fraction of sp³-hybridized carbons (Fsp3) is 0.421. The fourth-order valence-corrected chi connectivity index (χ4v) is 4.60. The molecule has 0 aliphatic carbocycles. The molecular weight excluding hydrogens is 318 g/mol. The van der Waals surface area contributed by atoms with E-state index in [4.69, 9.17) is 0 Å². The summed E-state index contributed by atoms with van der Waals surface area (Å²) >= 11 is 1.61. The Labute approximate surface area is 146 Å². The highest BCUT2D eigenvalue weighted by molar-refractivity contribution is 7.14. The summed E-state index contributed by atoms with van der Waals surface area (Å²) in [6.45, 7) is 3.22. The van der Waals surface area contributed by atoms with Crippen LogP contribution in [-0.4, -0.2) is 25.5 Å². The van der Waals surface area contributed by atoms with Gasteiger partial charge in [0.2, 0.25) is 0 Å². The van der Waals surface area contributed by atoms with Crippen LogP contribution in [0.1, 0.15) is 46.3 Å². The van der Waals surface area contributed by atoms with Crippen molar-refractivity contribution in [3.8, 4) is 0 Å². The standard InChI is InChI=1S/C19H23N3OS/c23-19(18-10-9-17(24-18)15-7-5-11-20-15)21-14-6-1-2-8-16(14)22-12-3-4-13-22/h1-2,6,8-10,15,20H,3-5,7,11-13H2,(H,21,23)/t15-/m0/s1. The Morgan fingerprint density at radius 3 is 2.75 bits per heavy atom. The summed E-state index contributed by atoms with van der Waals surface area (Å²) in [6, 6.07) is 12.6. The summed E-state index contributed by atoms with van der Waals surface area (Å²) in [5.41, 5.74) is 2.05. The molecule has 5 heteroatoms. The SMILES string of the molecule is O=C(Nc1ccccc1N1CCCC1)c1ccc([C@@H]2CCCN2)s1. The van der Waals surface area contributed by atoms with Gasteiger partial charge in [0.05, 0.1) is 16.3 Å². The Morgan fingerprint density at radius 2 is 1.96 bits per heavy atom. The number of benzene rings is 1. The number of nitrogens with one attached hydrogen (secondary N) is 2. The number of hydrogen-bond acceptors (Lipinski definition) is 4. The van der Waals surface area contributed by atoms with Crippen LogP contribution in [0, 0.1) is 0 Å². The summed E-state index contributed by atoms with van der Waals surface area (Å²) in [6.07, 6.45) is 4.84. The maximum Gasteiger partial charge on any atom is 0.265 e. The van der Waals surface area contributed by atoms with Gasteiger partial charge in [0.1, 0.15) is 0 Å². The van der Waals surface area contributed by atoms with E-state index in [9.17, 15) is 4.79 Å². The largest absolute Gasteiger partial charge is 0.370 e. The van der Waals surface area contributed by atoms with E-state index in [0.717, 1.165) is 35.9 Å². The number of para-hydroxylation sites is 2. The number of carbonyl (C=O) groups is 1. The van der Waals surface area contributed by atoms with Gasteiger partial charge in [0.25, 0.3) is 5.91 Å². The molecule has 2 saturated heterocycles. The Morgan fingerprint density at radius 1 is 1.12 bits per heavy atom. The predicted octanol–water partition coefficient (Wildman–Crippen LogP) is 4.03. The second kappa shape index (κ2) is 6.95. The molecular formula is C19H23N3OS. The molecule has 3 heterocycles. The summed E-state index contributed by atoms with van der Waals surface area (Å²) in [5.74, 6) is -0.00380. The molecule has 1 aromatic heterocycles. The monoisotopic (exact) mass is 341 g/mol. The highest BCUT2D eigenvalue weighted by atomic mass is 32.1. The van der Waals surface area contributed by atoms with Gasteiger partial charge in [-0.1, -0.05) is 12.1 Å². The molecule has 2 N–H and O–H groups in total. The van der Waals surface area contributed by atoms with Crippen LogP contribution in [0.3, 0.4) is 0 Å². The number of thiophene rings is 1. The Balaban J connectivity index is 1.50. The van der Waals surface area contributed by atoms with Crippen molar-refractivity contribution in [2.75, 3.05) is 29.9 Å². The lowest BCUT2D eigenvalue weighted by Crippen LogP contribution is -2.20. The molecule has 4 rings (SSSR count). The van der Waals surface area contributed by atoms with Gasteiger partial charge in [0, 0.05) is 24.0 Å². The highest BCUT2D eigenvalue weighted by Gasteiger charge is 2.21. The number of nitrogens with zero attached hydrogens (tertiary/aromatic N) is 1. The second-order valence-corrected chi connectivity index (χ2v) is 7.63. The normalized spacial score (nSPS) is 20.5. The van der Waals surface area contributed by atoms with E-state index in [-0.39, 0.29) is 5.91 Å². The maximum absolute atomic E-state index is 12.7. The van der Waals surface area contributed by atoms with E-state index < -0.39 is 0 Å². The van der Waals surface area contributed by atoms with Crippen LogP contribution in [0.15, 0.2) is 36.4 Å². The Hall–Kier alpha value is -1.85. The third-order valence-corrected chi connectivity index (χ3v) is 6.05. The summed E-state index contributed by atoms with van der Waals surface area (Å²) < 4.78 is 0. The summed E-state index contributed by atoms with van der Waals surface area (Å²) in [5, 5.41) is 6.61. The molecule has 4 nitrogen and oxygen atoms in total. The van der Waals surface area contributed by atoms with Crippen molar-refractivity contribution in [2.45, 2.75) is 31.7 Å². The predicted molar refractivity (Wildman–Crippen MR) is 100 cm³/mol. The van der Waals surface area contributed by atoms with E-state index in [1.807, 2.05) is 24.3 Å². The topological polar surface area (TPSA) is 44.4 Å². The number of rotatable bonds is 4. The first-order valence-electron chi connectivity index (χ1n) is 8.80. The number of hydrogen-bond donors (Lipinski definition) is 2. The lowest BCUT2D eigenvalue weighted by atomic mass is 10.2. The van der Waals surface area contributed by atoms with Crippen molar-refractivity contribution in [3.63, 3.8) is 0 Å². The van der Waals surface area contributed by atoms with E-state index in [1.165, 1.54) is 30.6 Å². The van der Waals surface area contributed by atoms with Crippen molar-refractivity contribution in [2.24, 2.45) is 0 Å². The second-order valence-electron chi connectivity index (χ2n) is 6.52. The number of amides is 1. The van der Waals surface area contributed by atoms with Crippen LogP contribution < -0.4 is 15.5 Å². The minimum absolute atomic E-state index is 0.00380. The first-order chi connectivity index (χ1) is 11.8. The molecule has 0 spiro atoms. The molecule has 2 aromatic rings. The van der Waals surface area contributed by atoms with Crippen molar-refractivity contribution < 1.29 is 4.79 Å². The van der Waals surface area contributed by atoms with Gasteiger partial charge in [-0.3, -0.25) is 4.79 Å². The summed E-state index contributed by atoms with van der Waals surface area (Å²) in [4.78, 5) is 17.1. The molecule has 24 heavy (non-hydrogen) atoms. The highest BCUT2D eigenvalue weighted by Crippen LogP contribution is 2.32. The molecule has 0 radical (unpaired) electrons. The minimum Gasteiger partial charge on any atom is -0.370 e. The average Bonchev–Trinajstić information content (AvgIpc) is 3.35. The van der Waals surface area contributed by atoms with E-state index in [1.54, 1.807) is 11.3 Å². The lowest BCUT2D eigenvalue weighted by Gasteiger charge is -2.21. The number of carbonyl (C=O) groups excluding carboxylic acids is 1. The van der Waals surface area contributed by atoms with E-state index in [0.29, 0.717) is 6.04 Å². The minimum atomic E-state index is -0.00380. The molecule has 0 bridgehead atoms. The zero-order chi connectivity index (χ0) is 16.4. The molecule has 2 fully saturated rings. The van der Waals surface area contributed by atoms with E-state index in [2.05, 4.69) is 27.7 Å². The fourth-order valence-electron chi connectivity index (χ4n) is 3.59. The average molecular weight is 341 g/mol. The van der Waals surface area contributed by atoms with Gasteiger partial charge in [0.15, 0.2) is 0 Å². The van der Waals surface area contributed by atoms with Gasteiger partial charge >= 0.3 is 0 Å². The first-order valence-corrected chi connectivity index (χ1v) is 9.61. The molecule has 1 amide bonds. The van der Waals surface area contributed by atoms with Crippen LogP contribution in [0.4, 0.5) is 11.4 Å². The zero-order valence-electron chi connectivity index (χ0n) is 13.8. The third-order valence-electron chi connectivity index (χ3n) is 4.85. The van der Waals surface area contributed by atoms with Crippen LogP contribution in [-0.2, 0) is 0 Å². The van der Waals surface area contributed by atoms with E-state index >= 15 is 0 Å². The molecule has 2 aliphatic rings. The van der Waals surface area contributed by atoms with Crippen LogP contribution in [0.5, 0.6) is 0 Å². The molecule has 2 aliphatic heterocycles. The molecule has 0 unspecified atom stereocenters. The maximum atomic E-state index is 12.7. The Bertz CT molecular complexity index is 715. The molecule has 1 atom stereocenters. The van der Waals surface area contributed by atoms with Crippen molar-refractivity contribution in [1.82, 2.24) is 5.32 Å². The number of anilines is 2. The molecule has 0 saturated carbocycles. The van der Waals surface area contributed by atoms with Gasteiger partial charge in [-0.25, -0.2) is 0 Å². The van der Waals surface area contributed by atoms with Crippen molar-refractivity contribution in [1.29, 1.82) is 0 Å². The van der Waals surface area contributed by atoms with Crippen LogP contribution in [0.2, 0.25) is 0 Å². The Kier molecular flexibility index (Phi) is 4.54. The lowest BCUT2D eigenvalue weighted by molar-refractivity contribution is 0.103. The van der Waals surface area contributed by atoms with Crippen molar-refractivity contribution >= 4 is 28.6 Å².